The van der Waals surface area contributed by atoms with Crippen LogP contribution in [0.5, 0.6) is 0 Å². The fraction of sp³-hybridized carbons (Fsp3) is 0.375. The minimum atomic E-state index is -0.201. The molecule has 1 aliphatic heterocycles. The lowest BCUT2D eigenvalue weighted by molar-refractivity contribution is -0.139. The first-order valence-electron chi connectivity index (χ1n) is 3.26. The van der Waals surface area contributed by atoms with Crippen molar-refractivity contribution in [3.63, 3.8) is 0 Å². The molecule has 0 aromatic carbocycles. The van der Waals surface area contributed by atoms with Gasteiger partial charge in [0.1, 0.15) is 6.10 Å². The van der Waals surface area contributed by atoms with Gasteiger partial charge in [-0.25, -0.2) is 4.79 Å². The van der Waals surface area contributed by atoms with Crippen LogP contribution in [0.1, 0.15) is 13.3 Å². The number of carbonyl (C=O) groups is 1. The van der Waals surface area contributed by atoms with Crippen molar-refractivity contribution in [3.05, 3.63) is 24.3 Å². The zero-order chi connectivity index (χ0) is 7.56. The molecule has 0 saturated carbocycles. The van der Waals surface area contributed by atoms with E-state index in [4.69, 9.17) is 4.74 Å². The van der Waals surface area contributed by atoms with Gasteiger partial charge in [-0.3, -0.25) is 0 Å². The van der Waals surface area contributed by atoms with Gasteiger partial charge in [0, 0.05) is 5.57 Å². The summed E-state index contributed by atoms with van der Waals surface area (Å²) in [5.74, 6) is -0.201. The molecule has 10 heavy (non-hydrogen) atoms. The van der Waals surface area contributed by atoms with Crippen LogP contribution in [0, 0.1) is 0 Å². The summed E-state index contributed by atoms with van der Waals surface area (Å²) < 4.78 is 4.85. The van der Waals surface area contributed by atoms with E-state index in [2.05, 4.69) is 6.58 Å². The van der Waals surface area contributed by atoms with E-state index in [9.17, 15) is 4.79 Å². The van der Waals surface area contributed by atoms with Crippen molar-refractivity contribution >= 4 is 5.97 Å². The maximum Gasteiger partial charge on any atom is 0.334 e. The van der Waals surface area contributed by atoms with E-state index in [-0.39, 0.29) is 12.1 Å². The zero-order valence-corrected chi connectivity index (χ0v) is 5.96. The number of allylic oxidation sites excluding steroid dienone is 1. The van der Waals surface area contributed by atoms with Crippen LogP contribution in [0.15, 0.2) is 24.3 Å². The first kappa shape index (κ1) is 7.06. The molecule has 0 aliphatic carbocycles. The van der Waals surface area contributed by atoms with Crippen LogP contribution in [0.3, 0.4) is 0 Å². The summed E-state index contributed by atoms with van der Waals surface area (Å²) in [4.78, 5) is 10.8. The van der Waals surface area contributed by atoms with Gasteiger partial charge in [-0.15, -0.1) is 6.58 Å². The SMILES string of the molecule is C=CCC1=C[C@H](C)OC1=O. The highest BCUT2D eigenvalue weighted by Gasteiger charge is 2.20. The Bertz CT molecular complexity index is 191. The van der Waals surface area contributed by atoms with Crippen LogP contribution in [0.4, 0.5) is 0 Å². The fourth-order valence-corrected chi connectivity index (χ4v) is 0.937. The lowest BCUT2D eigenvalue weighted by atomic mass is 10.2. The molecule has 0 unspecified atom stereocenters. The number of rotatable bonds is 2. The molecule has 1 heterocycles. The van der Waals surface area contributed by atoms with Gasteiger partial charge in [-0.2, -0.15) is 0 Å². The molecule has 0 saturated heterocycles. The van der Waals surface area contributed by atoms with E-state index < -0.39 is 0 Å². The van der Waals surface area contributed by atoms with Gasteiger partial charge in [0.25, 0.3) is 0 Å². The molecule has 1 atom stereocenters. The smallest absolute Gasteiger partial charge is 0.334 e. The molecule has 0 bridgehead atoms. The van der Waals surface area contributed by atoms with Crippen LogP contribution in [-0.2, 0) is 9.53 Å². The molecule has 0 spiro atoms. The summed E-state index contributed by atoms with van der Waals surface area (Å²) in [7, 11) is 0. The monoisotopic (exact) mass is 138 g/mol. The Morgan fingerprint density at radius 1 is 1.90 bits per heavy atom. The summed E-state index contributed by atoms with van der Waals surface area (Å²) in [5.41, 5.74) is 0.725. The number of esters is 1. The number of cyclic esters (lactones) is 1. The summed E-state index contributed by atoms with van der Waals surface area (Å²) in [6.45, 7) is 5.38. The van der Waals surface area contributed by atoms with Crippen LogP contribution < -0.4 is 0 Å². The molecule has 0 radical (unpaired) electrons. The average Bonchev–Trinajstić information content (AvgIpc) is 2.13. The van der Waals surface area contributed by atoms with Crippen molar-refractivity contribution in [1.29, 1.82) is 0 Å². The van der Waals surface area contributed by atoms with E-state index in [1.54, 1.807) is 6.08 Å². The van der Waals surface area contributed by atoms with Crippen LogP contribution >= 0.6 is 0 Å². The van der Waals surface area contributed by atoms with E-state index in [1.807, 2.05) is 13.0 Å². The normalized spacial score (nSPS) is 23.9. The van der Waals surface area contributed by atoms with Crippen molar-refractivity contribution < 1.29 is 9.53 Å². The second-order valence-electron chi connectivity index (χ2n) is 2.30. The molecule has 1 aliphatic rings. The topological polar surface area (TPSA) is 26.3 Å². The lowest BCUT2D eigenvalue weighted by Gasteiger charge is -1.96. The summed E-state index contributed by atoms with van der Waals surface area (Å²) in [5, 5.41) is 0. The molecular formula is C8H10O2. The largest absolute Gasteiger partial charge is 0.455 e. The third-order valence-corrected chi connectivity index (χ3v) is 1.36. The third-order valence-electron chi connectivity index (χ3n) is 1.36. The average molecular weight is 138 g/mol. The van der Waals surface area contributed by atoms with Crippen molar-refractivity contribution in [2.24, 2.45) is 0 Å². The summed E-state index contributed by atoms with van der Waals surface area (Å²) in [6, 6.07) is 0. The molecule has 0 amide bonds. The Labute approximate surface area is 60.2 Å². The summed E-state index contributed by atoms with van der Waals surface area (Å²) >= 11 is 0. The first-order chi connectivity index (χ1) is 4.74. The Balaban J connectivity index is 2.65. The Hall–Kier alpha value is -1.05. The number of hydrogen-bond acceptors (Lipinski definition) is 2. The maximum atomic E-state index is 10.8. The molecule has 0 N–H and O–H groups in total. The highest BCUT2D eigenvalue weighted by molar-refractivity contribution is 5.91. The van der Waals surface area contributed by atoms with Crippen molar-refractivity contribution in [2.45, 2.75) is 19.4 Å². The number of hydrogen-bond donors (Lipinski definition) is 0. The van der Waals surface area contributed by atoms with Gasteiger partial charge < -0.3 is 4.74 Å². The number of carbonyl (C=O) groups excluding carboxylic acids is 1. The van der Waals surface area contributed by atoms with Crippen LogP contribution in [-0.4, -0.2) is 12.1 Å². The van der Waals surface area contributed by atoms with E-state index in [0.717, 1.165) is 5.57 Å². The van der Waals surface area contributed by atoms with Crippen molar-refractivity contribution in [3.8, 4) is 0 Å². The fourth-order valence-electron chi connectivity index (χ4n) is 0.937. The Morgan fingerprint density at radius 3 is 3.00 bits per heavy atom. The second kappa shape index (κ2) is 2.69. The van der Waals surface area contributed by atoms with Gasteiger partial charge in [-0.05, 0) is 19.4 Å². The molecule has 0 fully saturated rings. The highest BCUT2D eigenvalue weighted by atomic mass is 16.5. The molecule has 2 heteroatoms. The van der Waals surface area contributed by atoms with Crippen LogP contribution in [0.2, 0.25) is 0 Å². The molecule has 0 aromatic rings. The minimum Gasteiger partial charge on any atom is -0.455 e. The zero-order valence-electron chi connectivity index (χ0n) is 5.96. The third kappa shape index (κ3) is 1.26. The molecule has 54 valence electrons. The predicted octanol–water partition coefficient (Wildman–Crippen LogP) is 1.43. The first-order valence-corrected chi connectivity index (χ1v) is 3.26. The lowest BCUT2D eigenvalue weighted by Crippen LogP contribution is -2.03. The predicted molar refractivity (Wildman–Crippen MR) is 38.5 cm³/mol. The van der Waals surface area contributed by atoms with E-state index in [0.29, 0.717) is 6.42 Å². The van der Waals surface area contributed by atoms with Crippen molar-refractivity contribution in [2.75, 3.05) is 0 Å². The van der Waals surface area contributed by atoms with Gasteiger partial charge >= 0.3 is 5.97 Å². The summed E-state index contributed by atoms with van der Waals surface area (Å²) in [6.07, 6.45) is 4.08. The highest BCUT2D eigenvalue weighted by Crippen LogP contribution is 2.15. The van der Waals surface area contributed by atoms with E-state index in [1.165, 1.54) is 0 Å². The molecule has 0 aromatic heterocycles. The molecule has 1 rings (SSSR count). The van der Waals surface area contributed by atoms with Gasteiger partial charge in [0.2, 0.25) is 0 Å². The maximum absolute atomic E-state index is 10.8. The standard InChI is InChI=1S/C8H10O2/c1-3-4-7-5-6(2)10-8(7)9/h3,5-6H,1,4H2,2H3/t6-/m0/s1. The minimum absolute atomic E-state index is 0.0533. The van der Waals surface area contributed by atoms with Gasteiger partial charge in [0.15, 0.2) is 0 Å². The second-order valence-corrected chi connectivity index (χ2v) is 2.30. The Kier molecular flexibility index (Phi) is 1.90. The van der Waals surface area contributed by atoms with Gasteiger partial charge in [-0.1, -0.05) is 6.08 Å². The Morgan fingerprint density at radius 2 is 2.60 bits per heavy atom. The van der Waals surface area contributed by atoms with Crippen molar-refractivity contribution in [1.82, 2.24) is 0 Å². The molecule has 2 nitrogen and oxygen atoms in total. The molecular weight excluding hydrogens is 128 g/mol. The number of ether oxygens (including phenoxy) is 1. The van der Waals surface area contributed by atoms with Crippen LogP contribution in [0.25, 0.3) is 0 Å². The van der Waals surface area contributed by atoms with Gasteiger partial charge in [0.05, 0.1) is 0 Å². The van der Waals surface area contributed by atoms with E-state index >= 15 is 0 Å². The quantitative estimate of drug-likeness (QED) is 0.426.